The van der Waals surface area contributed by atoms with Crippen LogP contribution in [-0.4, -0.2) is 41.4 Å². The summed E-state index contributed by atoms with van der Waals surface area (Å²) in [5.41, 5.74) is 8.33. The molecule has 1 aliphatic rings. The number of sulfonamides is 1. The molecule has 1 aliphatic carbocycles. The molecule has 0 spiro atoms. The van der Waals surface area contributed by atoms with E-state index in [1.807, 2.05) is 0 Å². The molecular formula is C20H19ClF4N4O4S. The van der Waals surface area contributed by atoms with Gasteiger partial charge in [0.15, 0.2) is 5.84 Å². The van der Waals surface area contributed by atoms with Gasteiger partial charge in [-0.25, -0.2) is 12.8 Å². The number of carbonyl (C=O) groups is 1. The molecule has 0 aliphatic heterocycles. The number of carbonyl (C=O) groups excluding carboxylic acids is 1. The standard InChI is InChI=1S/C20H19ClF4N4O4S/c21-14-3-5-15(6-4-14)34(32,33)29(19(18(27)30)8-13(19)9-20(23,24)25)10-12-2-1-11(7-16(12)22)17(26)28-31/h1-7,13,31H,8-10H2,(H2,26,28)(H2,27,30). The fourth-order valence-electron chi connectivity index (χ4n) is 3.79. The van der Waals surface area contributed by atoms with Crippen molar-refractivity contribution < 1.29 is 36.0 Å². The molecule has 2 aromatic rings. The summed E-state index contributed by atoms with van der Waals surface area (Å²) in [6.45, 7) is -0.801. The van der Waals surface area contributed by atoms with Crippen LogP contribution < -0.4 is 11.5 Å². The van der Waals surface area contributed by atoms with Gasteiger partial charge in [0.05, 0.1) is 4.90 Å². The summed E-state index contributed by atoms with van der Waals surface area (Å²) < 4.78 is 81.5. The number of alkyl halides is 3. The van der Waals surface area contributed by atoms with Gasteiger partial charge in [0, 0.05) is 29.1 Å². The van der Waals surface area contributed by atoms with Gasteiger partial charge in [-0.1, -0.05) is 28.9 Å². The van der Waals surface area contributed by atoms with Crippen molar-refractivity contribution in [1.29, 1.82) is 0 Å². The van der Waals surface area contributed by atoms with Crippen LogP contribution in [0.1, 0.15) is 24.0 Å². The van der Waals surface area contributed by atoms with Crippen LogP contribution in [-0.2, 0) is 21.4 Å². The van der Waals surface area contributed by atoms with E-state index in [1.165, 1.54) is 18.2 Å². The van der Waals surface area contributed by atoms with Crippen LogP contribution in [0.25, 0.3) is 0 Å². The van der Waals surface area contributed by atoms with Crippen LogP contribution in [0.2, 0.25) is 5.02 Å². The van der Waals surface area contributed by atoms with Crippen LogP contribution in [0, 0.1) is 11.7 Å². The van der Waals surface area contributed by atoms with E-state index in [4.69, 9.17) is 28.3 Å². The molecule has 2 aromatic carbocycles. The zero-order valence-electron chi connectivity index (χ0n) is 17.3. The lowest BCUT2D eigenvalue weighted by Gasteiger charge is -2.30. The summed E-state index contributed by atoms with van der Waals surface area (Å²) in [6.07, 6.45) is -6.63. The number of amides is 1. The third-order valence-electron chi connectivity index (χ3n) is 5.59. The molecule has 0 aromatic heterocycles. The lowest BCUT2D eigenvalue weighted by atomic mass is 10.1. The van der Waals surface area contributed by atoms with E-state index in [-0.39, 0.29) is 21.0 Å². The molecule has 2 unspecified atom stereocenters. The van der Waals surface area contributed by atoms with Gasteiger partial charge < -0.3 is 16.7 Å². The van der Waals surface area contributed by atoms with E-state index in [2.05, 4.69) is 5.16 Å². The number of primary amides is 1. The van der Waals surface area contributed by atoms with E-state index >= 15 is 0 Å². The Kier molecular flexibility index (Phi) is 6.84. The average Bonchev–Trinajstić information content (AvgIpc) is 3.44. The van der Waals surface area contributed by atoms with E-state index in [0.29, 0.717) is 4.31 Å². The number of benzene rings is 2. The first kappa shape index (κ1) is 25.7. The van der Waals surface area contributed by atoms with Crippen molar-refractivity contribution in [2.75, 3.05) is 0 Å². The number of halogens is 5. The molecule has 0 radical (unpaired) electrons. The van der Waals surface area contributed by atoms with Crippen molar-refractivity contribution in [3.05, 3.63) is 64.4 Å². The van der Waals surface area contributed by atoms with Crippen LogP contribution in [0.3, 0.4) is 0 Å². The molecule has 1 saturated carbocycles. The van der Waals surface area contributed by atoms with Gasteiger partial charge in [-0.05, 0) is 42.7 Å². The largest absolute Gasteiger partial charge is 0.409 e. The first-order valence-corrected chi connectivity index (χ1v) is 11.5. The van der Waals surface area contributed by atoms with Crippen molar-refractivity contribution in [1.82, 2.24) is 4.31 Å². The molecule has 3 rings (SSSR count). The highest BCUT2D eigenvalue weighted by molar-refractivity contribution is 7.89. The Bertz CT molecular complexity index is 1240. The molecule has 0 heterocycles. The molecule has 1 fully saturated rings. The molecule has 5 N–H and O–H groups in total. The Hall–Kier alpha value is -2.90. The lowest BCUT2D eigenvalue weighted by molar-refractivity contribution is -0.142. The third kappa shape index (κ3) is 4.95. The third-order valence-corrected chi connectivity index (χ3v) is 7.75. The highest BCUT2D eigenvalue weighted by Crippen LogP contribution is 2.55. The van der Waals surface area contributed by atoms with E-state index in [1.54, 1.807) is 0 Å². The minimum absolute atomic E-state index is 0.0261. The van der Waals surface area contributed by atoms with Gasteiger partial charge in [0.25, 0.3) is 0 Å². The van der Waals surface area contributed by atoms with Crippen molar-refractivity contribution >= 4 is 33.4 Å². The topological polar surface area (TPSA) is 139 Å². The summed E-state index contributed by atoms with van der Waals surface area (Å²) in [5.74, 6) is -4.15. The van der Waals surface area contributed by atoms with Crippen molar-refractivity contribution in [2.24, 2.45) is 22.5 Å². The van der Waals surface area contributed by atoms with Crippen molar-refractivity contribution in [3.8, 4) is 0 Å². The van der Waals surface area contributed by atoms with Gasteiger partial charge in [-0.15, -0.1) is 0 Å². The summed E-state index contributed by atoms with van der Waals surface area (Å²) in [4.78, 5) is 12.0. The molecule has 184 valence electrons. The number of hydrogen-bond acceptors (Lipinski definition) is 5. The average molecular weight is 523 g/mol. The first-order chi connectivity index (χ1) is 15.7. The number of amidine groups is 1. The Morgan fingerprint density at radius 2 is 1.82 bits per heavy atom. The van der Waals surface area contributed by atoms with Gasteiger partial charge in [0.2, 0.25) is 15.9 Å². The second kappa shape index (κ2) is 9.04. The summed E-state index contributed by atoms with van der Waals surface area (Å²) >= 11 is 5.80. The number of nitrogens with two attached hydrogens (primary N) is 2. The second-order valence-electron chi connectivity index (χ2n) is 7.77. The Morgan fingerprint density at radius 3 is 2.32 bits per heavy atom. The van der Waals surface area contributed by atoms with Crippen LogP contribution >= 0.6 is 11.6 Å². The molecule has 0 bridgehead atoms. The molecular weight excluding hydrogens is 504 g/mol. The lowest BCUT2D eigenvalue weighted by Crippen LogP contribution is -2.51. The Balaban J connectivity index is 2.11. The van der Waals surface area contributed by atoms with Gasteiger partial charge in [-0.2, -0.15) is 17.5 Å². The molecule has 8 nitrogen and oxygen atoms in total. The Labute approximate surface area is 196 Å². The predicted octanol–water partition coefficient (Wildman–Crippen LogP) is 2.96. The maximum absolute atomic E-state index is 14.8. The normalized spacial score (nSPS) is 21.0. The fraction of sp³-hybridized carbons (Fsp3) is 0.300. The maximum atomic E-state index is 14.8. The quantitative estimate of drug-likeness (QED) is 0.161. The predicted molar refractivity (Wildman–Crippen MR) is 114 cm³/mol. The van der Waals surface area contributed by atoms with Crippen LogP contribution in [0.4, 0.5) is 17.6 Å². The van der Waals surface area contributed by atoms with Gasteiger partial charge >= 0.3 is 6.18 Å². The highest BCUT2D eigenvalue weighted by atomic mass is 35.5. The fourth-order valence-corrected chi connectivity index (χ4v) is 5.70. The Morgan fingerprint density at radius 1 is 1.21 bits per heavy atom. The SMILES string of the molecule is NC(=O)C1(N(Cc2ccc(/C(N)=N/O)cc2F)S(=O)(=O)c2ccc(Cl)cc2)CC1CC(F)(F)F. The number of hydrogen-bond donors (Lipinski definition) is 3. The van der Waals surface area contributed by atoms with E-state index < -0.39 is 64.6 Å². The minimum Gasteiger partial charge on any atom is -0.409 e. The number of rotatable bonds is 8. The maximum Gasteiger partial charge on any atom is 0.389 e. The molecule has 0 saturated heterocycles. The number of nitrogens with zero attached hydrogens (tertiary/aromatic N) is 2. The monoisotopic (exact) mass is 522 g/mol. The molecule has 34 heavy (non-hydrogen) atoms. The van der Waals surface area contributed by atoms with Gasteiger partial charge in [-0.3, -0.25) is 4.79 Å². The second-order valence-corrected chi connectivity index (χ2v) is 10.1. The van der Waals surface area contributed by atoms with E-state index in [9.17, 15) is 30.8 Å². The minimum atomic E-state index is -4.69. The number of oxime groups is 1. The smallest absolute Gasteiger partial charge is 0.389 e. The highest BCUT2D eigenvalue weighted by Gasteiger charge is 2.68. The van der Waals surface area contributed by atoms with Crippen LogP contribution in [0.15, 0.2) is 52.5 Å². The van der Waals surface area contributed by atoms with Crippen molar-refractivity contribution in [2.45, 2.75) is 36.0 Å². The molecule has 14 heteroatoms. The zero-order valence-corrected chi connectivity index (χ0v) is 18.8. The summed E-state index contributed by atoms with van der Waals surface area (Å²) in [6, 6.07) is 7.90. The van der Waals surface area contributed by atoms with Crippen molar-refractivity contribution in [3.63, 3.8) is 0 Å². The van der Waals surface area contributed by atoms with E-state index in [0.717, 1.165) is 24.3 Å². The first-order valence-electron chi connectivity index (χ1n) is 9.64. The van der Waals surface area contributed by atoms with Crippen LogP contribution in [0.5, 0.6) is 0 Å². The zero-order chi connectivity index (χ0) is 25.5. The van der Waals surface area contributed by atoms with Gasteiger partial charge in [0.1, 0.15) is 11.4 Å². The molecule has 2 atom stereocenters. The molecule has 1 amide bonds. The summed E-state index contributed by atoms with van der Waals surface area (Å²) in [7, 11) is -4.64. The summed E-state index contributed by atoms with van der Waals surface area (Å²) in [5, 5.41) is 11.7.